The minimum absolute atomic E-state index is 0.432. The lowest BCUT2D eigenvalue weighted by molar-refractivity contribution is 0.196. The molecule has 0 amide bonds. The second kappa shape index (κ2) is 8.30. The van der Waals surface area contributed by atoms with E-state index in [2.05, 4.69) is 58.5 Å². The van der Waals surface area contributed by atoms with Crippen LogP contribution in [-0.4, -0.2) is 25.0 Å². The summed E-state index contributed by atoms with van der Waals surface area (Å²) in [6, 6.07) is 0.432. The van der Waals surface area contributed by atoms with Gasteiger partial charge in [-0.05, 0) is 38.4 Å². The van der Waals surface area contributed by atoms with Crippen LogP contribution in [0, 0.1) is 11.8 Å². The van der Waals surface area contributed by atoms with Crippen molar-refractivity contribution in [2.75, 3.05) is 14.1 Å². The number of likely N-dealkylation sites (N-methyl/N-ethyl adjacent to an activating group) is 1. The smallest absolute Gasteiger partial charge is 0.0366 e. The second-order valence-electron chi connectivity index (χ2n) is 5.18. The zero-order valence-corrected chi connectivity index (χ0v) is 12.4. The Morgan fingerprint density at radius 3 is 2.18 bits per heavy atom. The third-order valence-electron chi connectivity index (χ3n) is 3.28. The van der Waals surface area contributed by atoms with Crippen molar-refractivity contribution in [3.8, 4) is 0 Å². The van der Waals surface area contributed by atoms with Crippen molar-refractivity contribution in [2.24, 2.45) is 11.8 Å². The minimum Gasteiger partial charge on any atom is -0.302 e. The molecule has 0 aromatic rings. The first-order valence-electron chi connectivity index (χ1n) is 6.60. The van der Waals surface area contributed by atoms with Crippen molar-refractivity contribution in [1.82, 2.24) is 4.90 Å². The van der Waals surface area contributed by atoms with Crippen LogP contribution in [0.15, 0.2) is 36.5 Å². The summed E-state index contributed by atoms with van der Waals surface area (Å²) in [5, 5.41) is 0. The van der Waals surface area contributed by atoms with Crippen LogP contribution in [-0.2, 0) is 0 Å². The fourth-order valence-electron chi connectivity index (χ4n) is 2.44. The van der Waals surface area contributed by atoms with Gasteiger partial charge in [0, 0.05) is 6.04 Å². The molecule has 0 aliphatic rings. The van der Waals surface area contributed by atoms with Gasteiger partial charge in [0.25, 0.3) is 0 Å². The molecule has 0 heterocycles. The van der Waals surface area contributed by atoms with Gasteiger partial charge in [0.2, 0.25) is 0 Å². The molecule has 0 aromatic carbocycles. The topological polar surface area (TPSA) is 3.24 Å². The van der Waals surface area contributed by atoms with Crippen molar-refractivity contribution < 1.29 is 0 Å². The van der Waals surface area contributed by atoms with Crippen molar-refractivity contribution >= 4 is 0 Å². The first-order valence-corrected chi connectivity index (χ1v) is 6.60. The minimum atomic E-state index is 0.432. The van der Waals surface area contributed by atoms with E-state index < -0.39 is 0 Å². The molecule has 1 nitrogen and oxygen atoms in total. The van der Waals surface area contributed by atoms with E-state index in [0.717, 1.165) is 0 Å². The Morgan fingerprint density at radius 1 is 1.24 bits per heavy atom. The molecule has 0 bridgehead atoms. The molecule has 98 valence electrons. The molecule has 0 aromatic heterocycles. The molecule has 0 aliphatic carbocycles. The van der Waals surface area contributed by atoms with Crippen molar-refractivity contribution in [3.63, 3.8) is 0 Å². The second-order valence-corrected chi connectivity index (χ2v) is 5.18. The average molecular weight is 235 g/mol. The van der Waals surface area contributed by atoms with Gasteiger partial charge in [0.15, 0.2) is 0 Å². The van der Waals surface area contributed by atoms with E-state index in [0.29, 0.717) is 17.9 Å². The molecular weight excluding hydrogens is 206 g/mol. The first kappa shape index (κ1) is 16.2. The SMILES string of the molecule is C=C(/C=C\C=C/C)[C@@H]([C@H](CC)C(C)C)N(C)C. The summed E-state index contributed by atoms with van der Waals surface area (Å²) < 4.78 is 0. The Kier molecular flexibility index (Phi) is 7.90. The van der Waals surface area contributed by atoms with E-state index in [1.165, 1.54) is 12.0 Å². The molecule has 0 radical (unpaired) electrons. The lowest BCUT2D eigenvalue weighted by Gasteiger charge is -2.35. The average Bonchev–Trinajstić information content (AvgIpc) is 2.24. The molecular formula is C16H29N. The summed E-state index contributed by atoms with van der Waals surface area (Å²) >= 11 is 0. The fourth-order valence-corrected chi connectivity index (χ4v) is 2.44. The molecule has 0 N–H and O–H groups in total. The summed E-state index contributed by atoms with van der Waals surface area (Å²) in [6.07, 6.45) is 9.49. The van der Waals surface area contributed by atoms with Crippen LogP contribution in [0.2, 0.25) is 0 Å². The Hall–Kier alpha value is -0.820. The number of allylic oxidation sites excluding steroid dienone is 3. The molecule has 0 spiro atoms. The molecule has 0 saturated carbocycles. The monoisotopic (exact) mass is 235 g/mol. The molecule has 17 heavy (non-hydrogen) atoms. The zero-order valence-electron chi connectivity index (χ0n) is 12.4. The van der Waals surface area contributed by atoms with Crippen LogP contribution in [0.5, 0.6) is 0 Å². The maximum absolute atomic E-state index is 4.24. The van der Waals surface area contributed by atoms with Gasteiger partial charge in [-0.1, -0.05) is 58.1 Å². The van der Waals surface area contributed by atoms with Crippen LogP contribution < -0.4 is 0 Å². The maximum atomic E-state index is 4.24. The Morgan fingerprint density at radius 2 is 1.82 bits per heavy atom. The lowest BCUT2D eigenvalue weighted by Crippen LogP contribution is -2.38. The molecule has 1 heteroatoms. The van der Waals surface area contributed by atoms with Gasteiger partial charge < -0.3 is 4.90 Å². The predicted octanol–water partition coefficient (Wildman–Crippen LogP) is 4.29. The highest BCUT2D eigenvalue weighted by molar-refractivity contribution is 5.25. The van der Waals surface area contributed by atoms with Crippen LogP contribution >= 0.6 is 0 Å². The van der Waals surface area contributed by atoms with Gasteiger partial charge in [-0.2, -0.15) is 0 Å². The Balaban J connectivity index is 4.89. The third kappa shape index (κ3) is 5.36. The van der Waals surface area contributed by atoms with E-state index in [4.69, 9.17) is 0 Å². The van der Waals surface area contributed by atoms with E-state index in [-0.39, 0.29) is 0 Å². The molecule has 0 saturated heterocycles. The summed E-state index contributed by atoms with van der Waals surface area (Å²) in [5.41, 5.74) is 1.20. The lowest BCUT2D eigenvalue weighted by atomic mass is 9.82. The standard InChI is InChI=1S/C16H29N/c1-8-10-11-12-14(5)16(17(6)7)15(9-2)13(3)4/h8,10-13,15-16H,5,9H2,1-4,6-7H3/b10-8-,12-11-/t15-,16+/m1/s1. The number of hydrogen-bond acceptors (Lipinski definition) is 1. The highest BCUT2D eigenvalue weighted by Crippen LogP contribution is 2.27. The van der Waals surface area contributed by atoms with E-state index in [9.17, 15) is 0 Å². The molecule has 2 atom stereocenters. The fraction of sp³-hybridized carbons (Fsp3) is 0.625. The van der Waals surface area contributed by atoms with E-state index >= 15 is 0 Å². The van der Waals surface area contributed by atoms with Gasteiger partial charge in [-0.15, -0.1) is 0 Å². The summed E-state index contributed by atoms with van der Waals surface area (Å²) in [4.78, 5) is 2.29. The van der Waals surface area contributed by atoms with Crippen molar-refractivity contribution in [1.29, 1.82) is 0 Å². The van der Waals surface area contributed by atoms with Gasteiger partial charge in [0.1, 0.15) is 0 Å². The molecule has 0 aliphatic heterocycles. The van der Waals surface area contributed by atoms with Crippen LogP contribution in [0.4, 0.5) is 0 Å². The largest absolute Gasteiger partial charge is 0.302 e. The summed E-state index contributed by atoms with van der Waals surface area (Å²) in [6.45, 7) is 13.1. The highest BCUT2D eigenvalue weighted by Gasteiger charge is 2.25. The van der Waals surface area contributed by atoms with Crippen LogP contribution in [0.3, 0.4) is 0 Å². The van der Waals surface area contributed by atoms with Crippen LogP contribution in [0.25, 0.3) is 0 Å². The molecule has 0 fully saturated rings. The van der Waals surface area contributed by atoms with Gasteiger partial charge in [-0.25, -0.2) is 0 Å². The molecule has 0 unspecified atom stereocenters. The van der Waals surface area contributed by atoms with Crippen molar-refractivity contribution in [2.45, 2.75) is 40.2 Å². The predicted molar refractivity (Wildman–Crippen MR) is 79.2 cm³/mol. The van der Waals surface area contributed by atoms with Gasteiger partial charge >= 0.3 is 0 Å². The normalized spacial score (nSPS) is 16.2. The Bertz CT molecular complexity index is 271. The number of rotatable bonds is 7. The quantitative estimate of drug-likeness (QED) is 0.595. The summed E-state index contributed by atoms with van der Waals surface area (Å²) in [7, 11) is 4.29. The summed E-state index contributed by atoms with van der Waals surface area (Å²) in [5.74, 6) is 1.34. The van der Waals surface area contributed by atoms with Crippen molar-refractivity contribution in [3.05, 3.63) is 36.5 Å². The van der Waals surface area contributed by atoms with Gasteiger partial charge in [0.05, 0.1) is 0 Å². The van der Waals surface area contributed by atoms with E-state index in [1.807, 2.05) is 19.1 Å². The number of nitrogens with zero attached hydrogens (tertiary/aromatic N) is 1. The Labute approximate surface area is 108 Å². The zero-order chi connectivity index (χ0) is 13.4. The molecule has 0 rings (SSSR count). The third-order valence-corrected chi connectivity index (χ3v) is 3.28. The first-order chi connectivity index (χ1) is 7.95. The highest BCUT2D eigenvalue weighted by atomic mass is 15.1. The van der Waals surface area contributed by atoms with Gasteiger partial charge in [-0.3, -0.25) is 0 Å². The van der Waals surface area contributed by atoms with E-state index in [1.54, 1.807) is 0 Å². The maximum Gasteiger partial charge on any atom is 0.0366 e. The number of hydrogen-bond donors (Lipinski definition) is 0. The van der Waals surface area contributed by atoms with Crippen LogP contribution in [0.1, 0.15) is 34.1 Å².